The molecule has 19 heavy (non-hydrogen) atoms. The normalized spacial score (nSPS) is 11.7. The molecule has 2 aromatic rings. The predicted octanol–water partition coefficient (Wildman–Crippen LogP) is 1.31. The molecule has 102 valence electrons. The SMILES string of the molecule is Cc1ccc(F)c(S(=O)(=O)NCCn2ccnc2)c1. The van der Waals surface area contributed by atoms with Crippen LogP contribution in [-0.4, -0.2) is 24.5 Å². The molecule has 0 aliphatic heterocycles. The van der Waals surface area contributed by atoms with E-state index in [0.717, 1.165) is 6.07 Å². The van der Waals surface area contributed by atoms with E-state index in [2.05, 4.69) is 9.71 Å². The Bertz CT molecular complexity index is 654. The first-order valence-electron chi connectivity index (χ1n) is 5.70. The van der Waals surface area contributed by atoms with Crippen LogP contribution in [-0.2, 0) is 16.6 Å². The van der Waals surface area contributed by atoms with Gasteiger partial charge in [0, 0.05) is 25.5 Å². The van der Waals surface area contributed by atoms with Gasteiger partial charge in [-0.15, -0.1) is 0 Å². The third-order valence-electron chi connectivity index (χ3n) is 2.60. The summed E-state index contributed by atoms with van der Waals surface area (Å²) >= 11 is 0. The highest BCUT2D eigenvalue weighted by atomic mass is 32.2. The number of sulfonamides is 1. The Kier molecular flexibility index (Phi) is 3.96. The van der Waals surface area contributed by atoms with Crippen LogP contribution < -0.4 is 4.72 Å². The first-order chi connectivity index (χ1) is 8.99. The third kappa shape index (κ3) is 3.39. The Morgan fingerprint density at radius 1 is 1.42 bits per heavy atom. The molecule has 7 heteroatoms. The fraction of sp³-hybridized carbons (Fsp3) is 0.250. The van der Waals surface area contributed by atoms with Gasteiger partial charge in [0.15, 0.2) is 0 Å². The summed E-state index contributed by atoms with van der Waals surface area (Å²) in [6, 6.07) is 3.99. The molecule has 5 nitrogen and oxygen atoms in total. The fourth-order valence-electron chi connectivity index (χ4n) is 1.62. The van der Waals surface area contributed by atoms with Crippen LogP contribution in [0.1, 0.15) is 5.56 Å². The van der Waals surface area contributed by atoms with Gasteiger partial charge < -0.3 is 4.57 Å². The fourth-order valence-corrected chi connectivity index (χ4v) is 2.80. The van der Waals surface area contributed by atoms with Crippen LogP contribution in [0, 0.1) is 12.7 Å². The Morgan fingerprint density at radius 2 is 2.21 bits per heavy atom. The summed E-state index contributed by atoms with van der Waals surface area (Å²) in [5.41, 5.74) is 0.691. The van der Waals surface area contributed by atoms with Gasteiger partial charge in [-0.25, -0.2) is 22.5 Å². The smallest absolute Gasteiger partial charge is 0.243 e. The van der Waals surface area contributed by atoms with E-state index in [1.807, 2.05) is 0 Å². The van der Waals surface area contributed by atoms with E-state index in [0.29, 0.717) is 12.1 Å². The Morgan fingerprint density at radius 3 is 2.89 bits per heavy atom. The molecule has 0 unspecified atom stereocenters. The largest absolute Gasteiger partial charge is 0.336 e. The lowest BCUT2D eigenvalue weighted by Gasteiger charge is -2.08. The van der Waals surface area contributed by atoms with E-state index in [1.54, 1.807) is 30.2 Å². The van der Waals surface area contributed by atoms with Crippen LogP contribution in [0.25, 0.3) is 0 Å². The molecular weight excluding hydrogens is 269 g/mol. The van der Waals surface area contributed by atoms with Crippen molar-refractivity contribution in [2.24, 2.45) is 0 Å². The van der Waals surface area contributed by atoms with Crippen LogP contribution in [0.4, 0.5) is 4.39 Å². The highest BCUT2D eigenvalue weighted by molar-refractivity contribution is 7.89. The maximum atomic E-state index is 13.5. The number of aromatic nitrogens is 2. The molecule has 0 aliphatic rings. The van der Waals surface area contributed by atoms with Gasteiger partial charge in [0.05, 0.1) is 6.33 Å². The first kappa shape index (κ1) is 13.7. The second-order valence-electron chi connectivity index (χ2n) is 4.13. The van der Waals surface area contributed by atoms with Crippen molar-refractivity contribution in [3.8, 4) is 0 Å². The molecule has 1 heterocycles. The zero-order valence-corrected chi connectivity index (χ0v) is 11.2. The molecule has 1 aromatic heterocycles. The minimum Gasteiger partial charge on any atom is -0.336 e. The van der Waals surface area contributed by atoms with E-state index in [9.17, 15) is 12.8 Å². The van der Waals surface area contributed by atoms with Crippen molar-refractivity contribution in [1.29, 1.82) is 0 Å². The summed E-state index contributed by atoms with van der Waals surface area (Å²) in [6.45, 7) is 2.32. The van der Waals surface area contributed by atoms with Gasteiger partial charge in [-0.1, -0.05) is 6.07 Å². The molecule has 0 radical (unpaired) electrons. The summed E-state index contributed by atoms with van der Waals surface area (Å²) in [7, 11) is -3.83. The van der Waals surface area contributed by atoms with Gasteiger partial charge in [0.25, 0.3) is 0 Å². The summed E-state index contributed by atoms with van der Waals surface area (Å²) in [5.74, 6) is -0.749. The second-order valence-corrected chi connectivity index (χ2v) is 5.87. The van der Waals surface area contributed by atoms with Crippen LogP contribution in [0.15, 0.2) is 41.8 Å². The standard InChI is InChI=1S/C12H14FN3O2S/c1-10-2-3-11(13)12(8-10)19(17,18)15-5-7-16-6-4-14-9-16/h2-4,6,8-9,15H,5,7H2,1H3. The van der Waals surface area contributed by atoms with E-state index < -0.39 is 15.8 Å². The quantitative estimate of drug-likeness (QED) is 0.900. The molecule has 0 bridgehead atoms. The zero-order chi connectivity index (χ0) is 13.9. The number of nitrogens with zero attached hydrogens (tertiary/aromatic N) is 2. The van der Waals surface area contributed by atoms with Crippen LogP contribution in [0.3, 0.4) is 0 Å². The van der Waals surface area contributed by atoms with Gasteiger partial charge in [-0.05, 0) is 24.6 Å². The molecule has 0 amide bonds. The van der Waals surface area contributed by atoms with Crippen molar-refractivity contribution in [2.45, 2.75) is 18.4 Å². The molecule has 0 aliphatic carbocycles. The second kappa shape index (κ2) is 5.50. The number of imidazole rings is 1. The van der Waals surface area contributed by atoms with Crippen molar-refractivity contribution in [1.82, 2.24) is 14.3 Å². The number of hydrogen-bond donors (Lipinski definition) is 1. The number of hydrogen-bond acceptors (Lipinski definition) is 3. The number of benzene rings is 1. The molecule has 0 saturated carbocycles. The van der Waals surface area contributed by atoms with Gasteiger partial charge in [0.1, 0.15) is 10.7 Å². The minimum atomic E-state index is -3.83. The summed E-state index contributed by atoms with van der Waals surface area (Å²) in [6.07, 6.45) is 4.91. The number of halogens is 1. The van der Waals surface area contributed by atoms with Crippen molar-refractivity contribution in [3.05, 3.63) is 48.3 Å². The molecule has 0 atom stereocenters. The molecule has 2 rings (SSSR count). The Hall–Kier alpha value is -1.73. The van der Waals surface area contributed by atoms with Crippen molar-refractivity contribution in [3.63, 3.8) is 0 Å². The Labute approximate surface area is 111 Å². The average Bonchev–Trinajstić information content (AvgIpc) is 2.85. The third-order valence-corrected chi connectivity index (χ3v) is 4.07. The first-order valence-corrected chi connectivity index (χ1v) is 7.19. The zero-order valence-electron chi connectivity index (χ0n) is 10.4. The van der Waals surface area contributed by atoms with E-state index in [-0.39, 0.29) is 11.4 Å². The Balaban J connectivity index is 2.07. The lowest BCUT2D eigenvalue weighted by molar-refractivity contribution is 0.551. The number of aryl methyl sites for hydroxylation is 1. The van der Waals surface area contributed by atoms with E-state index in [4.69, 9.17) is 0 Å². The molecule has 0 fully saturated rings. The van der Waals surface area contributed by atoms with Crippen LogP contribution in [0.2, 0.25) is 0 Å². The average molecular weight is 283 g/mol. The van der Waals surface area contributed by atoms with Crippen molar-refractivity contribution < 1.29 is 12.8 Å². The number of nitrogens with one attached hydrogen (secondary N) is 1. The highest BCUT2D eigenvalue weighted by Crippen LogP contribution is 2.15. The highest BCUT2D eigenvalue weighted by Gasteiger charge is 2.18. The maximum Gasteiger partial charge on any atom is 0.243 e. The van der Waals surface area contributed by atoms with E-state index >= 15 is 0 Å². The van der Waals surface area contributed by atoms with Gasteiger partial charge in [-0.3, -0.25) is 0 Å². The topological polar surface area (TPSA) is 64.0 Å². The molecular formula is C12H14FN3O2S. The monoisotopic (exact) mass is 283 g/mol. The summed E-state index contributed by atoms with van der Waals surface area (Å²) in [4.78, 5) is 3.53. The maximum absolute atomic E-state index is 13.5. The molecule has 0 saturated heterocycles. The molecule has 0 spiro atoms. The van der Waals surface area contributed by atoms with Crippen LogP contribution in [0.5, 0.6) is 0 Å². The van der Waals surface area contributed by atoms with Crippen molar-refractivity contribution >= 4 is 10.0 Å². The van der Waals surface area contributed by atoms with Gasteiger partial charge in [0.2, 0.25) is 10.0 Å². The summed E-state index contributed by atoms with van der Waals surface area (Å²) < 4.78 is 41.5. The number of rotatable bonds is 5. The lowest BCUT2D eigenvalue weighted by Crippen LogP contribution is -2.28. The van der Waals surface area contributed by atoms with Crippen molar-refractivity contribution in [2.75, 3.05) is 6.54 Å². The van der Waals surface area contributed by atoms with Crippen LogP contribution >= 0.6 is 0 Å². The minimum absolute atomic E-state index is 0.173. The van der Waals surface area contributed by atoms with Gasteiger partial charge >= 0.3 is 0 Å². The molecule has 1 aromatic carbocycles. The molecule has 1 N–H and O–H groups in total. The predicted molar refractivity (Wildman–Crippen MR) is 68.6 cm³/mol. The van der Waals surface area contributed by atoms with E-state index in [1.165, 1.54) is 12.1 Å². The van der Waals surface area contributed by atoms with Gasteiger partial charge in [-0.2, -0.15) is 0 Å². The summed E-state index contributed by atoms with van der Waals surface area (Å²) in [5, 5.41) is 0. The lowest BCUT2D eigenvalue weighted by atomic mass is 10.2.